The van der Waals surface area contributed by atoms with E-state index in [-0.39, 0.29) is 22.6 Å². The molecule has 0 aliphatic heterocycles. The largest absolute Gasteiger partial charge is 0.329 e. The van der Waals surface area contributed by atoms with Crippen molar-refractivity contribution in [1.82, 2.24) is 0 Å². The zero-order valence-corrected chi connectivity index (χ0v) is 10.5. The topological polar surface area (TPSA) is 55.1 Å². The van der Waals surface area contributed by atoms with Crippen molar-refractivity contribution in [2.24, 2.45) is 11.1 Å². The number of nitrogens with two attached hydrogens (primary N) is 1. The van der Waals surface area contributed by atoms with Crippen LogP contribution in [0.4, 0.5) is 14.5 Å². The maximum atomic E-state index is 13.4. The monoisotopic (exact) mass is 304 g/mol. The van der Waals surface area contributed by atoms with Crippen molar-refractivity contribution in [2.45, 2.75) is 12.8 Å². The van der Waals surface area contributed by atoms with E-state index in [1.807, 2.05) is 0 Å². The van der Waals surface area contributed by atoms with Crippen LogP contribution in [-0.4, -0.2) is 12.5 Å². The number of hydrogen-bond donors (Lipinski definition) is 2. The molecule has 0 saturated heterocycles. The lowest BCUT2D eigenvalue weighted by atomic mass is 10.1. The molecule has 1 amide bonds. The fourth-order valence-electron chi connectivity index (χ4n) is 1.55. The second-order valence-corrected chi connectivity index (χ2v) is 5.04. The summed E-state index contributed by atoms with van der Waals surface area (Å²) in [4.78, 5) is 11.8. The van der Waals surface area contributed by atoms with Crippen LogP contribution in [0.15, 0.2) is 16.6 Å². The molecule has 0 bridgehead atoms. The van der Waals surface area contributed by atoms with Crippen molar-refractivity contribution in [2.75, 3.05) is 11.9 Å². The van der Waals surface area contributed by atoms with Crippen molar-refractivity contribution in [3.05, 3.63) is 28.2 Å². The molecule has 0 unspecified atom stereocenters. The van der Waals surface area contributed by atoms with E-state index in [2.05, 4.69) is 21.2 Å². The molecule has 3 nitrogen and oxygen atoms in total. The van der Waals surface area contributed by atoms with Gasteiger partial charge in [-0.3, -0.25) is 4.79 Å². The zero-order valence-electron chi connectivity index (χ0n) is 8.90. The van der Waals surface area contributed by atoms with Crippen molar-refractivity contribution < 1.29 is 13.6 Å². The zero-order chi connectivity index (χ0) is 12.6. The summed E-state index contributed by atoms with van der Waals surface area (Å²) in [6.45, 7) is 0.239. The predicted molar refractivity (Wildman–Crippen MR) is 63.4 cm³/mol. The molecule has 0 radical (unpaired) electrons. The summed E-state index contributed by atoms with van der Waals surface area (Å²) in [6.07, 6.45) is 1.42. The summed E-state index contributed by atoms with van der Waals surface area (Å²) in [6, 6.07) is 1.93. The van der Waals surface area contributed by atoms with Crippen LogP contribution in [0, 0.1) is 17.0 Å². The summed E-state index contributed by atoms with van der Waals surface area (Å²) >= 11 is 2.94. The second-order valence-electron chi connectivity index (χ2n) is 4.18. The molecule has 6 heteroatoms. The Hall–Kier alpha value is -1.01. The van der Waals surface area contributed by atoms with Crippen LogP contribution in [-0.2, 0) is 4.79 Å². The summed E-state index contributed by atoms with van der Waals surface area (Å²) < 4.78 is 26.5. The molecule has 0 heterocycles. The van der Waals surface area contributed by atoms with Crippen LogP contribution in [0.5, 0.6) is 0 Å². The molecule has 1 fully saturated rings. The first-order valence-corrected chi connectivity index (χ1v) is 5.94. The molecule has 0 spiro atoms. The second kappa shape index (κ2) is 4.34. The van der Waals surface area contributed by atoms with Crippen LogP contribution in [0.25, 0.3) is 0 Å². The van der Waals surface area contributed by atoms with Gasteiger partial charge in [0.2, 0.25) is 5.91 Å². The van der Waals surface area contributed by atoms with Crippen molar-refractivity contribution in [3.63, 3.8) is 0 Å². The highest BCUT2D eigenvalue weighted by Crippen LogP contribution is 2.45. The lowest BCUT2D eigenvalue weighted by Crippen LogP contribution is -2.31. The standard InChI is InChI=1S/C11H11BrF2N2O/c12-6-3-9(8(14)4-7(6)13)16-10(17)11(5-15)1-2-11/h3-4H,1-2,5,15H2,(H,16,17). The third kappa shape index (κ3) is 2.32. The van der Waals surface area contributed by atoms with Gasteiger partial charge in [0.25, 0.3) is 0 Å². The van der Waals surface area contributed by atoms with Crippen LogP contribution in [0.3, 0.4) is 0 Å². The smallest absolute Gasteiger partial charge is 0.231 e. The summed E-state index contributed by atoms with van der Waals surface area (Å²) in [7, 11) is 0. The molecular weight excluding hydrogens is 294 g/mol. The van der Waals surface area contributed by atoms with Gasteiger partial charge >= 0.3 is 0 Å². The third-order valence-electron chi connectivity index (χ3n) is 2.98. The lowest BCUT2D eigenvalue weighted by Gasteiger charge is -2.13. The van der Waals surface area contributed by atoms with E-state index in [0.29, 0.717) is 12.8 Å². The summed E-state index contributed by atoms with van der Waals surface area (Å²) in [5, 5.41) is 2.44. The van der Waals surface area contributed by atoms with E-state index >= 15 is 0 Å². The molecule has 0 aromatic heterocycles. The average molecular weight is 305 g/mol. The van der Waals surface area contributed by atoms with Gasteiger partial charge in [-0.15, -0.1) is 0 Å². The number of amides is 1. The normalized spacial score (nSPS) is 16.7. The van der Waals surface area contributed by atoms with Crippen molar-refractivity contribution in [3.8, 4) is 0 Å². The fraction of sp³-hybridized carbons (Fsp3) is 0.364. The highest BCUT2D eigenvalue weighted by Gasteiger charge is 2.48. The molecule has 1 aliphatic carbocycles. The SMILES string of the molecule is NCC1(C(=O)Nc2cc(Br)c(F)cc2F)CC1. The van der Waals surface area contributed by atoms with E-state index in [4.69, 9.17) is 5.73 Å². The van der Waals surface area contributed by atoms with Crippen molar-refractivity contribution >= 4 is 27.5 Å². The van der Waals surface area contributed by atoms with E-state index < -0.39 is 17.0 Å². The maximum Gasteiger partial charge on any atom is 0.231 e. The Morgan fingerprint density at radius 1 is 1.41 bits per heavy atom. The van der Waals surface area contributed by atoms with Gasteiger partial charge in [0.05, 0.1) is 15.6 Å². The van der Waals surface area contributed by atoms with Gasteiger partial charge < -0.3 is 11.1 Å². The molecule has 92 valence electrons. The number of carbonyl (C=O) groups is 1. The Bertz CT molecular complexity index is 475. The summed E-state index contributed by atoms with van der Waals surface area (Å²) in [5.74, 6) is -1.82. The summed E-state index contributed by atoms with van der Waals surface area (Å²) in [5.41, 5.74) is 4.89. The van der Waals surface area contributed by atoms with E-state index in [9.17, 15) is 13.6 Å². The molecule has 1 aromatic rings. The molecular formula is C11H11BrF2N2O. The highest BCUT2D eigenvalue weighted by molar-refractivity contribution is 9.10. The predicted octanol–water partition coefficient (Wildman–Crippen LogP) is 2.40. The number of rotatable bonds is 3. The van der Waals surface area contributed by atoms with E-state index in [1.165, 1.54) is 6.07 Å². The lowest BCUT2D eigenvalue weighted by molar-refractivity contribution is -0.120. The number of carbonyl (C=O) groups excluding carboxylic acids is 1. The average Bonchev–Trinajstić information content (AvgIpc) is 3.06. The first-order chi connectivity index (χ1) is 7.98. The third-order valence-corrected chi connectivity index (χ3v) is 3.59. The van der Waals surface area contributed by atoms with Crippen molar-refractivity contribution in [1.29, 1.82) is 0 Å². The molecule has 1 aromatic carbocycles. The molecule has 2 rings (SSSR count). The number of hydrogen-bond acceptors (Lipinski definition) is 2. The number of benzene rings is 1. The molecule has 3 N–H and O–H groups in total. The number of anilines is 1. The van der Waals surface area contributed by atoms with Gasteiger partial charge in [-0.2, -0.15) is 0 Å². The minimum atomic E-state index is -0.799. The molecule has 0 atom stereocenters. The number of nitrogens with one attached hydrogen (secondary N) is 1. The Balaban J connectivity index is 2.19. The van der Waals surface area contributed by atoms with Crippen LogP contribution < -0.4 is 11.1 Å². The molecule has 17 heavy (non-hydrogen) atoms. The highest BCUT2D eigenvalue weighted by atomic mass is 79.9. The van der Waals surface area contributed by atoms with Gasteiger partial charge in [0, 0.05) is 12.6 Å². The van der Waals surface area contributed by atoms with Crippen LogP contribution in [0.1, 0.15) is 12.8 Å². The minimum Gasteiger partial charge on any atom is -0.329 e. The van der Waals surface area contributed by atoms with Crippen LogP contribution >= 0.6 is 15.9 Å². The first-order valence-electron chi connectivity index (χ1n) is 5.14. The maximum absolute atomic E-state index is 13.4. The van der Waals surface area contributed by atoms with Crippen LogP contribution in [0.2, 0.25) is 0 Å². The van der Waals surface area contributed by atoms with Gasteiger partial charge in [0.1, 0.15) is 11.6 Å². The molecule has 1 aliphatic rings. The Morgan fingerprint density at radius 3 is 2.59 bits per heavy atom. The Morgan fingerprint density at radius 2 is 2.06 bits per heavy atom. The van der Waals surface area contributed by atoms with Gasteiger partial charge in [-0.1, -0.05) is 0 Å². The number of halogens is 3. The first kappa shape index (κ1) is 12.4. The fourth-order valence-corrected chi connectivity index (χ4v) is 1.89. The Labute approximate surface area is 106 Å². The minimum absolute atomic E-state index is 0.0389. The van der Waals surface area contributed by atoms with Gasteiger partial charge in [-0.05, 0) is 34.8 Å². The van der Waals surface area contributed by atoms with Gasteiger partial charge in [-0.25, -0.2) is 8.78 Å². The van der Waals surface area contributed by atoms with E-state index in [0.717, 1.165) is 6.07 Å². The van der Waals surface area contributed by atoms with Gasteiger partial charge in [0.15, 0.2) is 0 Å². The van der Waals surface area contributed by atoms with E-state index in [1.54, 1.807) is 0 Å². The Kier molecular flexibility index (Phi) is 3.18. The quantitative estimate of drug-likeness (QED) is 0.843. The molecule has 1 saturated carbocycles.